The largest absolute Gasteiger partial charge is 0.347 e. The highest BCUT2D eigenvalue weighted by Crippen LogP contribution is 2.21. The summed E-state index contributed by atoms with van der Waals surface area (Å²) in [5, 5.41) is 2.89. The molecule has 0 aliphatic rings. The third-order valence-corrected chi connectivity index (χ3v) is 3.80. The average molecular weight is 332 g/mol. The van der Waals surface area contributed by atoms with E-state index in [4.69, 9.17) is 0 Å². The number of hydrogen-bond acceptors (Lipinski definition) is 4. The number of hydrogen-bond donors (Lipinski definition) is 1. The van der Waals surface area contributed by atoms with Gasteiger partial charge in [-0.05, 0) is 30.7 Å². The number of rotatable bonds is 6. The molecular formula is C20H20N4O. The SMILES string of the molecule is CCN(c1ccccc1)c1nccc(C(=O)NCc2ccccc2)n1. The molecule has 25 heavy (non-hydrogen) atoms. The fourth-order valence-corrected chi connectivity index (χ4v) is 2.52. The molecule has 1 N–H and O–H groups in total. The van der Waals surface area contributed by atoms with Crippen LogP contribution in [0.15, 0.2) is 72.9 Å². The van der Waals surface area contributed by atoms with Gasteiger partial charge < -0.3 is 10.2 Å². The van der Waals surface area contributed by atoms with Crippen LogP contribution in [0.2, 0.25) is 0 Å². The van der Waals surface area contributed by atoms with Crippen molar-refractivity contribution in [2.24, 2.45) is 0 Å². The van der Waals surface area contributed by atoms with Crippen LogP contribution in [-0.4, -0.2) is 22.4 Å². The van der Waals surface area contributed by atoms with Crippen molar-refractivity contribution in [3.05, 3.63) is 84.2 Å². The normalized spacial score (nSPS) is 10.3. The summed E-state index contributed by atoms with van der Waals surface area (Å²) >= 11 is 0. The van der Waals surface area contributed by atoms with Gasteiger partial charge in [0.05, 0.1) is 0 Å². The smallest absolute Gasteiger partial charge is 0.270 e. The lowest BCUT2D eigenvalue weighted by molar-refractivity contribution is 0.0946. The molecule has 1 amide bonds. The van der Waals surface area contributed by atoms with Gasteiger partial charge in [0.25, 0.3) is 5.91 Å². The predicted octanol–water partition coefficient (Wildman–Crippen LogP) is 3.56. The van der Waals surface area contributed by atoms with Gasteiger partial charge in [-0.3, -0.25) is 4.79 Å². The Morgan fingerprint density at radius 2 is 1.68 bits per heavy atom. The zero-order valence-electron chi connectivity index (χ0n) is 14.1. The van der Waals surface area contributed by atoms with Gasteiger partial charge in [-0.15, -0.1) is 0 Å². The van der Waals surface area contributed by atoms with Crippen LogP contribution in [-0.2, 0) is 6.54 Å². The Kier molecular flexibility index (Phi) is 5.36. The third kappa shape index (κ3) is 4.20. The summed E-state index contributed by atoms with van der Waals surface area (Å²) in [5.74, 6) is 0.303. The van der Waals surface area contributed by atoms with Crippen molar-refractivity contribution in [2.45, 2.75) is 13.5 Å². The standard InChI is InChI=1S/C20H20N4O/c1-2-24(17-11-7-4-8-12-17)20-21-14-13-18(23-20)19(25)22-15-16-9-5-3-6-10-16/h3-14H,2,15H2,1H3,(H,22,25). The van der Waals surface area contributed by atoms with Crippen molar-refractivity contribution in [3.63, 3.8) is 0 Å². The van der Waals surface area contributed by atoms with Crippen LogP contribution in [0.1, 0.15) is 23.0 Å². The van der Waals surface area contributed by atoms with Crippen molar-refractivity contribution in [1.82, 2.24) is 15.3 Å². The molecule has 5 heteroatoms. The molecule has 0 aliphatic heterocycles. The number of carbonyl (C=O) groups excluding carboxylic acids is 1. The van der Waals surface area contributed by atoms with Crippen LogP contribution in [0.3, 0.4) is 0 Å². The summed E-state index contributed by atoms with van der Waals surface area (Å²) in [6.07, 6.45) is 1.62. The number of nitrogens with zero attached hydrogens (tertiary/aromatic N) is 3. The Labute approximate surface area is 147 Å². The summed E-state index contributed by atoms with van der Waals surface area (Å²) in [5.41, 5.74) is 2.40. The Bertz CT molecular complexity index is 821. The Balaban J connectivity index is 1.75. The van der Waals surface area contributed by atoms with Crippen molar-refractivity contribution in [1.29, 1.82) is 0 Å². The van der Waals surface area contributed by atoms with Crippen LogP contribution < -0.4 is 10.2 Å². The maximum Gasteiger partial charge on any atom is 0.270 e. The first kappa shape index (κ1) is 16.6. The minimum atomic E-state index is -0.211. The summed E-state index contributed by atoms with van der Waals surface area (Å²) in [4.78, 5) is 23.1. The quantitative estimate of drug-likeness (QED) is 0.750. The Hall–Kier alpha value is -3.21. The van der Waals surface area contributed by atoms with Gasteiger partial charge in [-0.2, -0.15) is 0 Å². The number of carbonyl (C=O) groups is 1. The molecule has 1 aromatic heterocycles. The highest BCUT2D eigenvalue weighted by molar-refractivity contribution is 5.92. The lowest BCUT2D eigenvalue weighted by Gasteiger charge is -2.21. The van der Waals surface area contributed by atoms with E-state index in [-0.39, 0.29) is 5.91 Å². The van der Waals surface area contributed by atoms with Crippen LogP contribution in [0.25, 0.3) is 0 Å². The van der Waals surface area contributed by atoms with E-state index in [0.717, 1.165) is 11.3 Å². The van der Waals surface area contributed by atoms with Gasteiger partial charge in [0, 0.05) is 25.0 Å². The fourth-order valence-electron chi connectivity index (χ4n) is 2.52. The maximum atomic E-state index is 12.4. The highest BCUT2D eigenvalue weighted by atomic mass is 16.1. The molecule has 0 aliphatic carbocycles. The van der Waals surface area contributed by atoms with Crippen molar-refractivity contribution in [2.75, 3.05) is 11.4 Å². The molecule has 0 bridgehead atoms. The van der Waals surface area contributed by atoms with E-state index in [2.05, 4.69) is 15.3 Å². The monoisotopic (exact) mass is 332 g/mol. The fraction of sp³-hybridized carbons (Fsp3) is 0.150. The molecule has 3 rings (SSSR count). The molecular weight excluding hydrogens is 312 g/mol. The molecule has 0 spiro atoms. The molecule has 126 valence electrons. The van der Waals surface area contributed by atoms with Crippen LogP contribution in [0.5, 0.6) is 0 Å². The number of para-hydroxylation sites is 1. The van der Waals surface area contributed by atoms with E-state index in [1.165, 1.54) is 0 Å². The van der Waals surface area contributed by atoms with E-state index in [1.807, 2.05) is 72.5 Å². The second-order valence-corrected chi connectivity index (χ2v) is 5.49. The second-order valence-electron chi connectivity index (χ2n) is 5.49. The number of aromatic nitrogens is 2. The predicted molar refractivity (Wildman–Crippen MR) is 98.8 cm³/mol. The molecule has 1 heterocycles. The van der Waals surface area contributed by atoms with Crippen LogP contribution in [0.4, 0.5) is 11.6 Å². The first-order valence-electron chi connectivity index (χ1n) is 8.25. The molecule has 0 atom stereocenters. The minimum Gasteiger partial charge on any atom is -0.347 e. The second kappa shape index (κ2) is 8.06. The van der Waals surface area contributed by atoms with Crippen molar-refractivity contribution >= 4 is 17.5 Å². The lowest BCUT2D eigenvalue weighted by Crippen LogP contribution is -2.25. The van der Waals surface area contributed by atoms with Gasteiger partial charge >= 0.3 is 0 Å². The summed E-state index contributed by atoms with van der Waals surface area (Å²) in [6.45, 7) is 3.20. The molecule has 0 saturated carbocycles. The van der Waals surface area contributed by atoms with E-state index < -0.39 is 0 Å². The molecule has 5 nitrogen and oxygen atoms in total. The molecule has 0 radical (unpaired) electrons. The van der Waals surface area contributed by atoms with Crippen molar-refractivity contribution < 1.29 is 4.79 Å². The van der Waals surface area contributed by atoms with Gasteiger partial charge in [-0.1, -0.05) is 48.5 Å². The van der Waals surface area contributed by atoms with Gasteiger partial charge in [-0.25, -0.2) is 9.97 Å². The number of amides is 1. The van der Waals surface area contributed by atoms with Gasteiger partial charge in [0.1, 0.15) is 5.69 Å². The van der Waals surface area contributed by atoms with E-state index >= 15 is 0 Å². The number of nitrogens with one attached hydrogen (secondary N) is 1. The molecule has 3 aromatic rings. The van der Waals surface area contributed by atoms with E-state index in [0.29, 0.717) is 24.7 Å². The third-order valence-electron chi connectivity index (χ3n) is 3.80. The first-order valence-corrected chi connectivity index (χ1v) is 8.25. The van der Waals surface area contributed by atoms with Crippen LogP contribution >= 0.6 is 0 Å². The first-order chi connectivity index (χ1) is 12.3. The van der Waals surface area contributed by atoms with Gasteiger partial charge in [0.2, 0.25) is 5.95 Å². The van der Waals surface area contributed by atoms with Crippen molar-refractivity contribution in [3.8, 4) is 0 Å². The molecule has 2 aromatic carbocycles. The maximum absolute atomic E-state index is 12.4. The molecule has 0 unspecified atom stereocenters. The summed E-state index contributed by atoms with van der Waals surface area (Å²) < 4.78 is 0. The minimum absolute atomic E-state index is 0.211. The Morgan fingerprint density at radius 1 is 1.00 bits per heavy atom. The molecule has 0 fully saturated rings. The highest BCUT2D eigenvalue weighted by Gasteiger charge is 2.13. The van der Waals surface area contributed by atoms with E-state index in [1.54, 1.807) is 12.3 Å². The number of benzene rings is 2. The Morgan fingerprint density at radius 3 is 2.36 bits per heavy atom. The number of anilines is 2. The topological polar surface area (TPSA) is 58.1 Å². The average Bonchev–Trinajstić information content (AvgIpc) is 2.69. The zero-order chi connectivity index (χ0) is 17.5. The van der Waals surface area contributed by atoms with Gasteiger partial charge in [0.15, 0.2) is 0 Å². The summed E-state index contributed by atoms with van der Waals surface area (Å²) in [7, 11) is 0. The molecule has 0 saturated heterocycles. The van der Waals surface area contributed by atoms with Crippen LogP contribution in [0, 0.1) is 0 Å². The zero-order valence-corrected chi connectivity index (χ0v) is 14.1. The lowest BCUT2D eigenvalue weighted by atomic mass is 10.2. The van der Waals surface area contributed by atoms with E-state index in [9.17, 15) is 4.79 Å². The summed E-state index contributed by atoms with van der Waals surface area (Å²) in [6, 6.07) is 21.3.